The number of halogens is 1. The van der Waals surface area contributed by atoms with Gasteiger partial charge in [-0.25, -0.2) is 0 Å². The van der Waals surface area contributed by atoms with E-state index in [1.54, 1.807) is 11.3 Å². The standard InChI is InChI=1S/C10H13ClN2S/c11-9-4-3-8(14-9)5-7-13-6-1-2-10(13)12/h3-4,12H,1-2,5-7H2. The third-order valence-electron chi connectivity index (χ3n) is 2.48. The summed E-state index contributed by atoms with van der Waals surface area (Å²) in [5.74, 6) is 0.799. The van der Waals surface area contributed by atoms with Crippen LogP contribution in [0, 0.1) is 5.41 Å². The number of nitrogens with one attached hydrogen (secondary N) is 1. The summed E-state index contributed by atoms with van der Waals surface area (Å²) in [4.78, 5) is 3.47. The van der Waals surface area contributed by atoms with Gasteiger partial charge in [0, 0.05) is 24.4 Å². The van der Waals surface area contributed by atoms with Crippen molar-refractivity contribution in [3.63, 3.8) is 0 Å². The zero-order valence-corrected chi connectivity index (χ0v) is 9.50. The Hall–Kier alpha value is -0.540. The number of hydrogen-bond acceptors (Lipinski definition) is 2. The highest BCUT2D eigenvalue weighted by molar-refractivity contribution is 7.16. The van der Waals surface area contributed by atoms with Crippen LogP contribution >= 0.6 is 22.9 Å². The van der Waals surface area contributed by atoms with Crippen molar-refractivity contribution < 1.29 is 0 Å². The number of rotatable bonds is 3. The first-order chi connectivity index (χ1) is 6.75. The van der Waals surface area contributed by atoms with Gasteiger partial charge in [0.2, 0.25) is 0 Å². The molecule has 0 amide bonds. The molecule has 1 saturated heterocycles. The summed E-state index contributed by atoms with van der Waals surface area (Å²) >= 11 is 7.49. The van der Waals surface area contributed by atoms with Crippen molar-refractivity contribution in [1.29, 1.82) is 5.41 Å². The van der Waals surface area contributed by atoms with Crippen LogP contribution in [-0.2, 0) is 6.42 Å². The summed E-state index contributed by atoms with van der Waals surface area (Å²) in [5.41, 5.74) is 0. The number of amidine groups is 1. The van der Waals surface area contributed by atoms with E-state index in [2.05, 4.69) is 11.0 Å². The molecule has 2 nitrogen and oxygen atoms in total. The van der Waals surface area contributed by atoms with E-state index < -0.39 is 0 Å². The molecule has 0 saturated carbocycles. The molecule has 0 aliphatic carbocycles. The van der Waals surface area contributed by atoms with Gasteiger partial charge in [0.25, 0.3) is 0 Å². The van der Waals surface area contributed by atoms with Gasteiger partial charge < -0.3 is 4.90 Å². The quantitative estimate of drug-likeness (QED) is 0.846. The zero-order valence-electron chi connectivity index (χ0n) is 7.92. The van der Waals surface area contributed by atoms with E-state index in [-0.39, 0.29) is 0 Å². The average Bonchev–Trinajstić information content (AvgIpc) is 2.72. The van der Waals surface area contributed by atoms with Crippen LogP contribution in [0.1, 0.15) is 17.7 Å². The minimum atomic E-state index is 0.799. The van der Waals surface area contributed by atoms with E-state index in [1.807, 2.05) is 6.07 Å². The lowest BCUT2D eigenvalue weighted by Gasteiger charge is -2.16. The summed E-state index contributed by atoms with van der Waals surface area (Å²) < 4.78 is 0.858. The molecule has 0 bridgehead atoms. The fraction of sp³-hybridized carbons (Fsp3) is 0.500. The van der Waals surface area contributed by atoms with Crippen molar-refractivity contribution in [2.45, 2.75) is 19.3 Å². The van der Waals surface area contributed by atoms with E-state index in [1.165, 1.54) is 4.88 Å². The lowest BCUT2D eigenvalue weighted by molar-refractivity contribution is 0.457. The Kier molecular flexibility index (Phi) is 3.08. The summed E-state index contributed by atoms with van der Waals surface area (Å²) in [6, 6.07) is 4.02. The van der Waals surface area contributed by atoms with Crippen molar-refractivity contribution in [1.82, 2.24) is 4.90 Å². The highest BCUT2D eigenvalue weighted by Crippen LogP contribution is 2.22. The van der Waals surface area contributed by atoms with Gasteiger partial charge in [-0.05, 0) is 25.0 Å². The first-order valence-electron chi connectivity index (χ1n) is 4.82. The minimum absolute atomic E-state index is 0.799. The van der Waals surface area contributed by atoms with E-state index in [0.29, 0.717) is 0 Å². The van der Waals surface area contributed by atoms with Crippen LogP contribution in [0.2, 0.25) is 4.34 Å². The summed E-state index contributed by atoms with van der Waals surface area (Å²) in [6.45, 7) is 2.02. The topological polar surface area (TPSA) is 27.1 Å². The van der Waals surface area contributed by atoms with Crippen molar-refractivity contribution in [3.8, 4) is 0 Å². The zero-order chi connectivity index (χ0) is 9.97. The van der Waals surface area contributed by atoms with Crippen molar-refractivity contribution >= 4 is 28.8 Å². The molecule has 14 heavy (non-hydrogen) atoms. The molecule has 2 rings (SSSR count). The van der Waals surface area contributed by atoms with Gasteiger partial charge in [0.15, 0.2) is 0 Å². The van der Waals surface area contributed by atoms with Crippen LogP contribution < -0.4 is 0 Å². The SMILES string of the molecule is N=C1CCCN1CCc1ccc(Cl)s1. The van der Waals surface area contributed by atoms with E-state index in [4.69, 9.17) is 17.0 Å². The van der Waals surface area contributed by atoms with Gasteiger partial charge in [-0.2, -0.15) is 0 Å². The molecule has 1 aromatic rings. The summed E-state index contributed by atoms with van der Waals surface area (Å²) in [5, 5.41) is 7.68. The van der Waals surface area contributed by atoms with Crippen LogP contribution in [0.15, 0.2) is 12.1 Å². The van der Waals surface area contributed by atoms with Crippen LogP contribution in [0.4, 0.5) is 0 Å². The minimum Gasteiger partial charge on any atom is -0.360 e. The van der Waals surface area contributed by atoms with Crippen LogP contribution in [0.25, 0.3) is 0 Å². The maximum atomic E-state index is 7.68. The molecule has 0 spiro atoms. The largest absolute Gasteiger partial charge is 0.360 e. The second kappa shape index (κ2) is 4.32. The highest BCUT2D eigenvalue weighted by atomic mass is 35.5. The molecular formula is C10H13ClN2S. The maximum Gasteiger partial charge on any atom is 0.0958 e. The van der Waals surface area contributed by atoms with Gasteiger partial charge in [0.1, 0.15) is 0 Å². The van der Waals surface area contributed by atoms with Crippen LogP contribution in [0.5, 0.6) is 0 Å². The van der Waals surface area contributed by atoms with E-state index in [0.717, 1.165) is 42.5 Å². The predicted molar refractivity (Wildman–Crippen MR) is 61.6 cm³/mol. The van der Waals surface area contributed by atoms with Gasteiger partial charge >= 0.3 is 0 Å². The molecule has 1 aliphatic rings. The van der Waals surface area contributed by atoms with Gasteiger partial charge in [0.05, 0.1) is 10.2 Å². The fourth-order valence-electron chi connectivity index (χ4n) is 1.71. The smallest absolute Gasteiger partial charge is 0.0958 e. The predicted octanol–water partition coefficient (Wildman–Crippen LogP) is 3.02. The van der Waals surface area contributed by atoms with Crippen molar-refractivity contribution in [3.05, 3.63) is 21.3 Å². The number of likely N-dealkylation sites (tertiary alicyclic amines) is 1. The second-order valence-corrected chi connectivity index (χ2v) is 5.29. The number of thiophene rings is 1. The van der Waals surface area contributed by atoms with Crippen molar-refractivity contribution in [2.24, 2.45) is 0 Å². The molecular weight excluding hydrogens is 216 g/mol. The van der Waals surface area contributed by atoms with Crippen LogP contribution in [-0.4, -0.2) is 23.8 Å². The summed E-state index contributed by atoms with van der Waals surface area (Å²) in [6.07, 6.45) is 3.11. The Balaban J connectivity index is 1.85. The second-order valence-electron chi connectivity index (χ2n) is 3.49. The lowest BCUT2D eigenvalue weighted by Crippen LogP contribution is -2.26. The number of nitrogens with zero attached hydrogens (tertiary/aromatic N) is 1. The molecule has 76 valence electrons. The monoisotopic (exact) mass is 228 g/mol. The van der Waals surface area contributed by atoms with Crippen LogP contribution in [0.3, 0.4) is 0 Å². The molecule has 2 heterocycles. The summed E-state index contributed by atoms with van der Waals surface area (Å²) in [7, 11) is 0. The average molecular weight is 229 g/mol. The first-order valence-corrected chi connectivity index (χ1v) is 6.02. The van der Waals surface area contributed by atoms with E-state index >= 15 is 0 Å². The Morgan fingerprint density at radius 3 is 2.93 bits per heavy atom. The highest BCUT2D eigenvalue weighted by Gasteiger charge is 2.16. The Labute approximate surface area is 93.0 Å². The molecule has 0 radical (unpaired) electrons. The Morgan fingerprint density at radius 2 is 2.36 bits per heavy atom. The maximum absolute atomic E-state index is 7.68. The Morgan fingerprint density at radius 1 is 1.50 bits per heavy atom. The molecule has 1 aliphatic heterocycles. The molecule has 4 heteroatoms. The molecule has 0 unspecified atom stereocenters. The first kappa shape index (κ1) is 9.99. The Bertz CT molecular complexity index is 335. The number of hydrogen-bond donors (Lipinski definition) is 1. The normalized spacial score (nSPS) is 16.6. The van der Waals surface area contributed by atoms with E-state index in [9.17, 15) is 0 Å². The van der Waals surface area contributed by atoms with Gasteiger partial charge in [-0.1, -0.05) is 11.6 Å². The lowest BCUT2D eigenvalue weighted by atomic mass is 10.3. The van der Waals surface area contributed by atoms with Gasteiger partial charge in [-0.3, -0.25) is 5.41 Å². The molecule has 0 aromatic carbocycles. The van der Waals surface area contributed by atoms with Crippen molar-refractivity contribution in [2.75, 3.05) is 13.1 Å². The molecule has 1 fully saturated rings. The molecule has 0 atom stereocenters. The van der Waals surface area contributed by atoms with Gasteiger partial charge in [-0.15, -0.1) is 11.3 Å². The molecule has 1 aromatic heterocycles. The fourth-order valence-corrected chi connectivity index (χ4v) is 2.78. The third kappa shape index (κ3) is 2.28. The molecule has 1 N–H and O–H groups in total. The third-order valence-corrected chi connectivity index (χ3v) is 3.77.